The van der Waals surface area contributed by atoms with E-state index in [2.05, 4.69) is 29.8 Å². The summed E-state index contributed by atoms with van der Waals surface area (Å²) in [4.78, 5) is 15.1. The Morgan fingerprint density at radius 2 is 1.79 bits per heavy atom. The quantitative estimate of drug-likeness (QED) is 0.620. The minimum atomic E-state index is -0.253. The first-order chi connectivity index (χ1) is 13.5. The van der Waals surface area contributed by atoms with Crippen LogP contribution in [0.1, 0.15) is 43.2 Å². The molecule has 0 N–H and O–H groups in total. The molecule has 1 fully saturated rings. The zero-order valence-electron chi connectivity index (χ0n) is 16.6. The Morgan fingerprint density at radius 1 is 1.11 bits per heavy atom. The maximum atomic E-state index is 13.5. The van der Waals surface area contributed by atoms with Crippen molar-refractivity contribution in [2.75, 3.05) is 13.1 Å². The number of halogens is 1. The third-order valence-electron chi connectivity index (χ3n) is 6.09. The number of benzene rings is 2. The number of hydrogen-bond donors (Lipinski definition) is 0. The fourth-order valence-corrected chi connectivity index (χ4v) is 4.31. The van der Waals surface area contributed by atoms with E-state index in [-0.39, 0.29) is 17.6 Å². The van der Waals surface area contributed by atoms with Gasteiger partial charge < -0.3 is 9.47 Å². The van der Waals surface area contributed by atoms with E-state index >= 15 is 0 Å². The molecular weight excluding hydrogens is 351 g/mol. The van der Waals surface area contributed by atoms with Crippen molar-refractivity contribution >= 4 is 16.8 Å². The molecule has 1 aliphatic heterocycles. The van der Waals surface area contributed by atoms with Crippen molar-refractivity contribution in [2.45, 2.75) is 32.1 Å². The summed E-state index contributed by atoms with van der Waals surface area (Å²) in [7, 11) is 2.03. The van der Waals surface area contributed by atoms with E-state index in [0.29, 0.717) is 12.3 Å². The number of fused-ring (bicyclic) bond motifs is 1. The van der Waals surface area contributed by atoms with E-state index in [1.807, 2.05) is 36.2 Å². The van der Waals surface area contributed by atoms with Crippen molar-refractivity contribution in [3.8, 4) is 0 Å². The second-order valence-electron chi connectivity index (χ2n) is 8.08. The molecule has 0 spiro atoms. The topological polar surface area (TPSA) is 25.2 Å². The van der Waals surface area contributed by atoms with Crippen LogP contribution in [-0.4, -0.2) is 28.5 Å². The van der Waals surface area contributed by atoms with E-state index in [1.165, 1.54) is 12.1 Å². The Bertz CT molecular complexity index is 968. The van der Waals surface area contributed by atoms with Gasteiger partial charge in [0.05, 0.1) is 0 Å². The highest BCUT2D eigenvalue weighted by Gasteiger charge is 2.26. The van der Waals surface area contributed by atoms with E-state index in [4.69, 9.17) is 0 Å². The van der Waals surface area contributed by atoms with E-state index in [0.717, 1.165) is 48.0 Å². The summed E-state index contributed by atoms with van der Waals surface area (Å²) in [5.41, 5.74) is 3.25. The van der Waals surface area contributed by atoms with Crippen molar-refractivity contribution in [3.63, 3.8) is 0 Å². The Hall–Kier alpha value is -2.62. The number of hydrogen-bond acceptors (Lipinski definition) is 1. The van der Waals surface area contributed by atoms with Crippen LogP contribution in [-0.2, 0) is 11.8 Å². The zero-order chi connectivity index (χ0) is 19.7. The lowest BCUT2D eigenvalue weighted by molar-refractivity contribution is -0.132. The maximum absolute atomic E-state index is 13.5. The zero-order valence-corrected chi connectivity index (χ0v) is 16.6. The van der Waals surface area contributed by atoms with Crippen molar-refractivity contribution in [2.24, 2.45) is 13.0 Å². The molecule has 2 heterocycles. The number of likely N-dealkylation sites (tertiary alicyclic amines) is 1. The summed E-state index contributed by atoms with van der Waals surface area (Å²) in [6.45, 7) is 3.93. The minimum Gasteiger partial charge on any atom is -0.350 e. The van der Waals surface area contributed by atoms with Crippen LogP contribution >= 0.6 is 0 Å². The van der Waals surface area contributed by atoms with Gasteiger partial charge in [0.2, 0.25) is 5.91 Å². The number of aromatic nitrogens is 1. The molecule has 1 amide bonds. The molecule has 3 aromatic rings. The van der Waals surface area contributed by atoms with Gasteiger partial charge in [0.1, 0.15) is 5.82 Å². The molecular formula is C24H27FN2O. The summed E-state index contributed by atoms with van der Waals surface area (Å²) in [6.07, 6.45) is 4.67. The van der Waals surface area contributed by atoms with Gasteiger partial charge in [0, 0.05) is 49.6 Å². The van der Waals surface area contributed by atoms with Gasteiger partial charge in [-0.25, -0.2) is 4.39 Å². The fourth-order valence-electron chi connectivity index (χ4n) is 4.31. The largest absolute Gasteiger partial charge is 0.350 e. The lowest BCUT2D eigenvalue weighted by Gasteiger charge is -2.31. The lowest BCUT2D eigenvalue weighted by atomic mass is 9.87. The highest BCUT2D eigenvalue weighted by Crippen LogP contribution is 2.35. The van der Waals surface area contributed by atoms with Crippen LogP contribution in [0.15, 0.2) is 54.7 Å². The van der Waals surface area contributed by atoms with Gasteiger partial charge in [0.25, 0.3) is 0 Å². The first-order valence-electron chi connectivity index (χ1n) is 10.1. The molecule has 0 radical (unpaired) electrons. The molecule has 2 aromatic carbocycles. The fraction of sp³-hybridized carbons (Fsp3) is 0.375. The smallest absolute Gasteiger partial charge is 0.223 e. The molecule has 146 valence electrons. The highest BCUT2D eigenvalue weighted by atomic mass is 19.1. The predicted octanol–water partition coefficient (Wildman–Crippen LogP) is 5.10. The molecule has 1 aromatic heterocycles. The average Bonchev–Trinajstić information content (AvgIpc) is 3.04. The van der Waals surface area contributed by atoms with Crippen molar-refractivity contribution < 1.29 is 9.18 Å². The van der Waals surface area contributed by atoms with Crippen molar-refractivity contribution in [1.82, 2.24) is 9.47 Å². The van der Waals surface area contributed by atoms with E-state index in [1.54, 1.807) is 0 Å². The summed E-state index contributed by atoms with van der Waals surface area (Å²) in [5, 5.41) is 1.15. The molecule has 0 bridgehead atoms. The van der Waals surface area contributed by atoms with E-state index in [9.17, 15) is 9.18 Å². The molecule has 1 atom stereocenters. The number of piperidine rings is 1. The van der Waals surface area contributed by atoms with Crippen LogP contribution in [0.4, 0.5) is 4.39 Å². The number of rotatable bonds is 4. The molecule has 1 saturated heterocycles. The van der Waals surface area contributed by atoms with Gasteiger partial charge in [-0.15, -0.1) is 0 Å². The second kappa shape index (κ2) is 7.78. The van der Waals surface area contributed by atoms with E-state index < -0.39 is 0 Å². The SMILES string of the molecule is CC1CCN(C(=O)CC(c2ccc(F)cc2)c2cn(C)c3ccccc23)CC1. The van der Waals surface area contributed by atoms with Gasteiger partial charge in [-0.1, -0.05) is 37.3 Å². The van der Waals surface area contributed by atoms with Crippen LogP contribution in [0.2, 0.25) is 0 Å². The maximum Gasteiger partial charge on any atom is 0.223 e. The standard InChI is InChI=1S/C24H27FN2O/c1-17-11-13-27(14-12-17)24(28)15-21(18-7-9-19(25)10-8-18)22-16-26(2)23-6-4-3-5-20(22)23/h3-10,16-17,21H,11-15H2,1-2H3. The normalized spacial score (nSPS) is 16.5. The van der Waals surface area contributed by atoms with Crippen LogP contribution in [0, 0.1) is 11.7 Å². The van der Waals surface area contributed by atoms with Crippen LogP contribution in [0.5, 0.6) is 0 Å². The molecule has 4 heteroatoms. The molecule has 0 aliphatic carbocycles. The molecule has 4 rings (SSSR count). The summed E-state index contributed by atoms with van der Waals surface area (Å²) in [6, 6.07) is 14.9. The summed E-state index contributed by atoms with van der Waals surface area (Å²) >= 11 is 0. The summed E-state index contributed by atoms with van der Waals surface area (Å²) < 4.78 is 15.6. The number of para-hydroxylation sites is 1. The monoisotopic (exact) mass is 378 g/mol. The average molecular weight is 378 g/mol. The number of aryl methyl sites for hydroxylation is 1. The first-order valence-corrected chi connectivity index (χ1v) is 10.1. The minimum absolute atomic E-state index is 0.0847. The lowest BCUT2D eigenvalue weighted by Crippen LogP contribution is -2.38. The Labute approximate surface area is 165 Å². The van der Waals surface area contributed by atoms with Gasteiger partial charge in [0.15, 0.2) is 0 Å². The van der Waals surface area contributed by atoms with Crippen LogP contribution in [0.3, 0.4) is 0 Å². The van der Waals surface area contributed by atoms with Crippen molar-refractivity contribution in [1.29, 1.82) is 0 Å². The molecule has 28 heavy (non-hydrogen) atoms. The third-order valence-corrected chi connectivity index (χ3v) is 6.09. The van der Waals surface area contributed by atoms with Gasteiger partial charge in [-0.2, -0.15) is 0 Å². The number of carbonyl (C=O) groups is 1. The Morgan fingerprint density at radius 3 is 2.50 bits per heavy atom. The van der Waals surface area contributed by atoms with Gasteiger partial charge in [-0.05, 0) is 48.1 Å². The second-order valence-corrected chi connectivity index (χ2v) is 8.08. The number of nitrogens with zero attached hydrogens (tertiary/aromatic N) is 2. The number of carbonyl (C=O) groups excluding carboxylic acids is 1. The Kier molecular flexibility index (Phi) is 5.21. The summed E-state index contributed by atoms with van der Waals surface area (Å²) in [5.74, 6) is 0.541. The molecule has 1 aliphatic rings. The van der Waals surface area contributed by atoms with Crippen molar-refractivity contribution in [3.05, 3.63) is 71.7 Å². The highest BCUT2D eigenvalue weighted by molar-refractivity contribution is 5.86. The Balaban J connectivity index is 1.70. The third kappa shape index (κ3) is 3.68. The predicted molar refractivity (Wildman–Crippen MR) is 111 cm³/mol. The van der Waals surface area contributed by atoms with Gasteiger partial charge in [-0.3, -0.25) is 4.79 Å². The number of amides is 1. The first kappa shape index (κ1) is 18.7. The molecule has 3 nitrogen and oxygen atoms in total. The molecule has 1 unspecified atom stereocenters. The molecule has 0 saturated carbocycles. The van der Waals surface area contributed by atoms with Crippen LogP contribution < -0.4 is 0 Å². The van der Waals surface area contributed by atoms with Crippen LogP contribution in [0.25, 0.3) is 10.9 Å². The van der Waals surface area contributed by atoms with Gasteiger partial charge >= 0.3 is 0 Å².